The first kappa shape index (κ1) is 14.6. The molecule has 1 atom stereocenters. The Morgan fingerprint density at radius 1 is 1.30 bits per heavy atom. The molecule has 1 aromatic heterocycles. The van der Waals surface area contributed by atoms with Crippen LogP contribution >= 0.6 is 38.9 Å². The summed E-state index contributed by atoms with van der Waals surface area (Å²) in [6, 6.07) is 9.24. The van der Waals surface area contributed by atoms with Crippen LogP contribution in [0.3, 0.4) is 0 Å². The molecule has 1 aliphatic rings. The van der Waals surface area contributed by atoms with Crippen LogP contribution in [0.4, 0.5) is 0 Å². The van der Waals surface area contributed by atoms with Gasteiger partial charge in [0.05, 0.1) is 14.9 Å². The summed E-state index contributed by atoms with van der Waals surface area (Å²) in [5.74, 6) is 0. The largest absolute Gasteiger partial charge is 0.306 e. The summed E-state index contributed by atoms with van der Waals surface area (Å²) >= 11 is 11.4. The minimum atomic E-state index is 0.236. The lowest BCUT2D eigenvalue weighted by Gasteiger charge is -2.18. The van der Waals surface area contributed by atoms with E-state index in [2.05, 4.69) is 52.4 Å². The second kappa shape index (κ2) is 6.18. The quantitative estimate of drug-likeness (QED) is 0.764. The minimum Gasteiger partial charge on any atom is -0.306 e. The average molecular weight is 371 g/mol. The Labute approximate surface area is 137 Å². The summed E-state index contributed by atoms with van der Waals surface area (Å²) in [4.78, 5) is 1.27. The van der Waals surface area contributed by atoms with Crippen molar-refractivity contribution in [3.63, 3.8) is 0 Å². The molecular formula is C16H17BrClNS. The molecule has 4 heteroatoms. The van der Waals surface area contributed by atoms with Crippen LogP contribution in [0.1, 0.15) is 41.0 Å². The van der Waals surface area contributed by atoms with Gasteiger partial charge in [0.15, 0.2) is 0 Å². The van der Waals surface area contributed by atoms with E-state index in [9.17, 15) is 0 Å². The van der Waals surface area contributed by atoms with Crippen LogP contribution in [-0.4, -0.2) is 6.54 Å². The van der Waals surface area contributed by atoms with Gasteiger partial charge in [0.2, 0.25) is 0 Å². The standard InChI is InChI=1S/C16H17BrClNS/c1-2-19-15(14-9-13(18)16(17)20-14)12-7-6-10-4-3-5-11(10)8-12/h6-9,15,19H,2-5H2,1H3. The van der Waals surface area contributed by atoms with Crippen molar-refractivity contribution in [1.82, 2.24) is 5.32 Å². The number of benzene rings is 1. The summed E-state index contributed by atoms with van der Waals surface area (Å²) in [6.45, 7) is 3.08. The highest BCUT2D eigenvalue weighted by Crippen LogP contribution is 2.38. The fourth-order valence-electron chi connectivity index (χ4n) is 2.86. The third kappa shape index (κ3) is 2.82. The van der Waals surface area contributed by atoms with Crippen molar-refractivity contribution in [3.05, 3.63) is 54.6 Å². The third-order valence-corrected chi connectivity index (χ3v) is 6.35. The van der Waals surface area contributed by atoms with Crippen LogP contribution in [-0.2, 0) is 12.8 Å². The van der Waals surface area contributed by atoms with Gasteiger partial charge in [-0.1, -0.05) is 36.7 Å². The number of aryl methyl sites for hydroxylation is 2. The topological polar surface area (TPSA) is 12.0 Å². The fourth-order valence-corrected chi connectivity index (χ4v) is 4.71. The third-order valence-electron chi connectivity index (χ3n) is 3.81. The van der Waals surface area contributed by atoms with Crippen LogP contribution in [0.2, 0.25) is 5.02 Å². The molecule has 0 aliphatic heterocycles. The summed E-state index contributed by atoms with van der Waals surface area (Å²) in [6.07, 6.45) is 3.75. The molecule has 1 N–H and O–H groups in total. The first-order chi connectivity index (χ1) is 9.69. The van der Waals surface area contributed by atoms with Crippen molar-refractivity contribution in [2.24, 2.45) is 0 Å². The van der Waals surface area contributed by atoms with Gasteiger partial charge in [-0.15, -0.1) is 11.3 Å². The Morgan fingerprint density at radius 2 is 2.10 bits per heavy atom. The Bertz CT molecular complexity index is 603. The smallest absolute Gasteiger partial charge is 0.0888 e. The number of halogens is 2. The van der Waals surface area contributed by atoms with E-state index in [0.717, 1.165) is 15.4 Å². The lowest BCUT2D eigenvalue weighted by atomic mass is 10.00. The summed E-state index contributed by atoms with van der Waals surface area (Å²) < 4.78 is 1.01. The SMILES string of the molecule is CCNC(c1ccc2c(c1)CCC2)c1cc(Cl)c(Br)s1. The molecule has 1 aliphatic carbocycles. The second-order valence-electron chi connectivity index (χ2n) is 5.14. The summed E-state index contributed by atoms with van der Waals surface area (Å²) in [5, 5.41) is 4.38. The van der Waals surface area contributed by atoms with E-state index in [1.54, 1.807) is 11.3 Å². The number of rotatable bonds is 4. The van der Waals surface area contributed by atoms with Crippen molar-refractivity contribution >= 4 is 38.9 Å². The monoisotopic (exact) mass is 369 g/mol. The molecule has 0 saturated carbocycles. The van der Waals surface area contributed by atoms with Crippen LogP contribution in [0.15, 0.2) is 28.1 Å². The van der Waals surface area contributed by atoms with Gasteiger partial charge in [0.25, 0.3) is 0 Å². The number of hydrogen-bond acceptors (Lipinski definition) is 2. The summed E-state index contributed by atoms with van der Waals surface area (Å²) in [7, 11) is 0. The maximum Gasteiger partial charge on any atom is 0.0888 e. The number of fused-ring (bicyclic) bond motifs is 1. The van der Waals surface area contributed by atoms with Crippen molar-refractivity contribution < 1.29 is 0 Å². The average Bonchev–Trinajstić information content (AvgIpc) is 3.02. The van der Waals surface area contributed by atoms with Gasteiger partial charge in [0, 0.05) is 4.88 Å². The molecule has 0 amide bonds. The van der Waals surface area contributed by atoms with Gasteiger partial charge >= 0.3 is 0 Å². The molecule has 106 valence electrons. The predicted molar refractivity (Wildman–Crippen MR) is 91.0 cm³/mol. The van der Waals surface area contributed by atoms with Crippen molar-refractivity contribution in [2.45, 2.75) is 32.2 Å². The number of nitrogens with one attached hydrogen (secondary N) is 1. The van der Waals surface area contributed by atoms with E-state index in [0.29, 0.717) is 0 Å². The molecule has 20 heavy (non-hydrogen) atoms. The molecule has 2 aromatic rings. The highest BCUT2D eigenvalue weighted by Gasteiger charge is 2.19. The molecule has 1 unspecified atom stereocenters. The van der Waals surface area contributed by atoms with E-state index >= 15 is 0 Å². The van der Waals surface area contributed by atoms with Gasteiger partial charge in [-0.25, -0.2) is 0 Å². The van der Waals surface area contributed by atoms with Crippen LogP contribution in [0.5, 0.6) is 0 Å². The van der Waals surface area contributed by atoms with E-state index in [4.69, 9.17) is 11.6 Å². The van der Waals surface area contributed by atoms with Crippen molar-refractivity contribution in [2.75, 3.05) is 6.54 Å². The zero-order chi connectivity index (χ0) is 14.1. The van der Waals surface area contributed by atoms with E-state index in [1.165, 1.54) is 40.8 Å². The molecular weight excluding hydrogens is 354 g/mol. The van der Waals surface area contributed by atoms with E-state index in [1.807, 2.05) is 0 Å². The first-order valence-corrected chi connectivity index (χ1v) is 8.97. The van der Waals surface area contributed by atoms with E-state index in [-0.39, 0.29) is 6.04 Å². The first-order valence-electron chi connectivity index (χ1n) is 6.99. The minimum absolute atomic E-state index is 0.236. The molecule has 1 aromatic carbocycles. The maximum absolute atomic E-state index is 6.19. The molecule has 0 radical (unpaired) electrons. The van der Waals surface area contributed by atoms with Gasteiger partial charge in [-0.2, -0.15) is 0 Å². The Balaban J connectivity index is 1.98. The van der Waals surface area contributed by atoms with E-state index < -0.39 is 0 Å². The van der Waals surface area contributed by atoms with Gasteiger partial charge in [-0.3, -0.25) is 0 Å². The highest BCUT2D eigenvalue weighted by molar-refractivity contribution is 9.11. The Morgan fingerprint density at radius 3 is 2.80 bits per heavy atom. The van der Waals surface area contributed by atoms with Gasteiger partial charge in [-0.05, 0) is 64.5 Å². The highest BCUT2D eigenvalue weighted by atomic mass is 79.9. The number of hydrogen-bond donors (Lipinski definition) is 1. The van der Waals surface area contributed by atoms with Crippen LogP contribution < -0.4 is 5.32 Å². The number of thiophene rings is 1. The van der Waals surface area contributed by atoms with Crippen LogP contribution in [0.25, 0.3) is 0 Å². The lowest BCUT2D eigenvalue weighted by Crippen LogP contribution is -2.21. The molecule has 0 spiro atoms. The Hall–Kier alpha value is -0.350. The molecule has 1 heterocycles. The Kier molecular flexibility index (Phi) is 4.51. The molecule has 0 bridgehead atoms. The zero-order valence-corrected chi connectivity index (χ0v) is 14.5. The zero-order valence-electron chi connectivity index (χ0n) is 11.4. The van der Waals surface area contributed by atoms with Crippen molar-refractivity contribution in [1.29, 1.82) is 0 Å². The van der Waals surface area contributed by atoms with Crippen LogP contribution in [0, 0.1) is 0 Å². The van der Waals surface area contributed by atoms with Crippen molar-refractivity contribution in [3.8, 4) is 0 Å². The molecule has 3 rings (SSSR count). The predicted octanol–water partition coefficient (Wildman–Crippen LogP) is 5.35. The lowest BCUT2D eigenvalue weighted by molar-refractivity contribution is 0.639. The molecule has 0 fully saturated rings. The normalized spacial score (nSPS) is 15.3. The molecule has 1 nitrogen and oxygen atoms in total. The fraction of sp³-hybridized carbons (Fsp3) is 0.375. The second-order valence-corrected chi connectivity index (χ2v) is 7.95. The van der Waals surface area contributed by atoms with Gasteiger partial charge in [0.1, 0.15) is 0 Å². The molecule has 0 saturated heterocycles. The maximum atomic E-state index is 6.19. The van der Waals surface area contributed by atoms with Gasteiger partial charge < -0.3 is 5.32 Å². The summed E-state index contributed by atoms with van der Waals surface area (Å²) in [5.41, 5.74) is 4.39.